The fraction of sp³-hybridized carbons (Fsp3) is 0.300. The monoisotopic (exact) mass is 369 g/mol. The number of aryl methyl sites for hydroxylation is 1. The number of para-hydroxylation sites is 1. The van der Waals surface area contributed by atoms with E-state index in [-0.39, 0.29) is 5.91 Å². The standard InChI is InChI=1S/C20H23N3O2S/c1-14-19(17-9-12-26-13-17)15(2)23(22-14)11-10-21-20(24)16(3)25-18-7-5-4-6-8-18/h4-9,12-13,16H,10-11H2,1-3H3,(H,21,24). The van der Waals surface area contributed by atoms with E-state index in [1.54, 1.807) is 18.3 Å². The maximum absolute atomic E-state index is 12.2. The third kappa shape index (κ3) is 4.14. The van der Waals surface area contributed by atoms with E-state index in [1.165, 1.54) is 11.1 Å². The zero-order valence-electron chi connectivity index (χ0n) is 15.2. The molecule has 0 saturated heterocycles. The number of aromatic nitrogens is 2. The van der Waals surface area contributed by atoms with E-state index in [4.69, 9.17) is 4.74 Å². The van der Waals surface area contributed by atoms with Crippen LogP contribution in [0.25, 0.3) is 11.1 Å². The number of nitrogens with zero attached hydrogens (tertiary/aromatic N) is 2. The third-order valence-corrected chi connectivity index (χ3v) is 4.92. The van der Waals surface area contributed by atoms with Crippen LogP contribution in [0.5, 0.6) is 5.75 Å². The number of ether oxygens (including phenoxy) is 1. The van der Waals surface area contributed by atoms with Crippen LogP contribution in [0.2, 0.25) is 0 Å². The van der Waals surface area contributed by atoms with Crippen molar-refractivity contribution in [3.05, 3.63) is 58.5 Å². The summed E-state index contributed by atoms with van der Waals surface area (Å²) in [5.74, 6) is 0.558. The number of amides is 1. The van der Waals surface area contributed by atoms with Gasteiger partial charge < -0.3 is 10.1 Å². The lowest BCUT2D eigenvalue weighted by atomic mass is 10.1. The average molecular weight is 369 g/mol. The minimum absolute atomic E-state index is 0.131. The second kappa shape index (κ2) is 8.19. The Morgan fingerprint density at radius 2 is 2.04 bits per heavy atom. The molecule has 1 atom stereocenters. The highest BCUT2D eigenvalue weighted by molar-refractivity contribution is 7.08. The third-order valence-electron chi connectivity index (χ3n) is 4.24. The Hall–Kier alpha value is -2.60. The topological polar surface area (TPSA) is 56.2 Å². The molecule has 0 fully saturated rings. The summed E-state index contributed by atoms with van der Waals surface area (Å²) in [4.78, 5) is 12.2. The molecule has 136 valence electrons. The molecule has 3 rings (SSSR count). The van der Waals surface area contributed by atoms with Gasteiger partial charge in [0.15, 0.2) is 6.10 Å². The van der Waals surface area contributed by atoms with Crippen molar-refractivity contribution in [1.29, 1.82) is 0 Å². The zero-order chi connectivity index (χ0) is 18.5. The molecule has 1 aromatic carbocycles. The van der Waals surface area contributed by atoms with E-state index in [9.17, 15) is 4.79 Å². The number of nitrogens with one attached hydrogen (secondary N) is 1. The fourth-order valence-electron chi connectivity index (χ4n) is 2.92. The normalized spacial score (nSPS) is 12.0. The molecule has 26 heavy (non-hydrogen) atoms. The molecule has 3 aromatic rings. The quantitative estimate of drug-likeness (QED) is 0.689. The predicted octanol–water partition coefficient (Wildman–Crippen LogP) is 3.81. The Morgan fingerprint density at radius 1 is 1.27 bits per heavy atom. The van der Waals surface area contributed by atoms with Gasteiger partial charge in [-0.15, -0.1) is 0 Å². The summed E-state index contributed by atoms with van der Waals surface area (Å²) in [7, 11) is 0. The van der Waals surface area contributed by atoms with E-state index < -0.39 is 6.10 Å². The number of rotatable bonds is 7. The molecule has 0 aliphatic rings. The van der Waals surface area contributed by atoms with Crippen LogP contribution >= 0.6 is 11.3 Å². The summed E-state index contributed by atoms with van der Waals surface area (Å²) in [5.41, 5.74) is 4.50. The van der Waals surface area contributed by atoms with Crippen LogP contribution in [0.1, 0.15) is 18.3 Å². The van der Waals surface area contributed by atoms with Crippen LogP contribution < -0.4 is 10.1 Å². The summed E-state index contributed by atoms with van der Waals surface area (Å²) in [6.07, 6.45) is -0.542. The number of hydrogen-bond acceptors (Lipinski definition) is 4. The van der Waals surface area contributed by atoms with Crippen molar-refractivity contribution in [3.8, 4) is 16.9 Å². The SMILES string of the molecule is Cc1nn(CCNC(=O)C(C)Oc2ccccc2)c(C)c1-c1ccsc1. The highest BCUT2D eigenvalue weighted by Crippen LogP contribution is 2.28. The van der Waals surface area contributed by atoms with Crippen LogP contribution in [-0.2, 0) is 11.3 Å². The largest absolute Gasteiger partial charge is 0.481 e. The van der Waals surface area contributed by atoms with Crippen LogP contribution in [0.15, 0.2) is 47.2 Å². The number of carbonyl (C=O) groups excluding carboxylic acids is 1. The van der Waals surface area contributed by atoms with Crippen molar-refractivity contribution >= 4 is 17.2 Å². The van der Waals surface area contributed by atoms with E-state index in [1.807, 2.05) is 41.9 Å². The van der Waals surface area contributed by atoms with Gasteiger partial charge in [0.2, 0.25) is 0 Å². The van der Waals surface area contributed by atoms with E-state index in [2.05, 4.69) is 34.2 Å². The van der Waals surface area contributed by atoms with Crippen LogP contribution in [0.3, 0.4) is 0 Å². The van der Waals surface area contributed by atoms with Gasteiger partial charge in [-0.05, 0) is 55.3 Å². The molecular weight excluding hydrogens is 346 g/mol. The van der Waals surface area contributed by atoms with Crippen molar-refractivity contribution in [2.24, 2.45) is 0 Å². The highest BCUT2D eigenvalue weighted by Gasteiger charge is 2.16. The molecule has 2 aromatic heterocycles. The number of hydrogen-bond donors (Lipinski definition) is 1. The molecule has 6 heteroatoms. The van der Waals surface area contributed by atoms with Crippen molar-refractivity contribution in [3.63, 3.8) is 0 Å². The maximum Gasteiger partial charge on any atom is 0.260 e. The molecule has 0 aliphatic heterocycles. The molecule has 0 radical (unpaired) electrons. The first-order valence-electron chi connectivity index (χ1n) is 8.62. The summed E-state index contributed by atoms with van der Waals surface area (Å²) < 4.78 is 7.59. The Labute approximate surface area is 157 Å². The number of benzene rings is 1. The highest BCUT2D eigenvalue weighted by atomic mass is 32.1. The molecule has 0 saturated carbocycles. The van der Waals surface area contributed by atoms with Crippen molar-refractivity contribution < 1.29 is 9.53 Å². The summed E-state index contributed by atoms with van der Waals surface area (Å²) >= 11 is 1.68. The van der Waals surface area contributed by atoms with Gasteiger partial charge in [-0.3, -0.25) is 9.48 Å². The number of thiophene rings is 1. The lowest BCUT2D eigenvalue weighted by molar-refractivity contribution is -0.127. The minimum Gasteiger partial charge on any atom is -0.481 e. The van der Waals surface area contributed by atoms with Gasteiger partial charge in [0.05, 0.1) is 12.2 Å². The van der Waals surface area contributed by atoms with E-state index in [0.29, 0.717) is 18.8 Å². The fourth-order valence-corrected chi connectivity index (χ4v) is 3.57. The van der Waals surface area contributed by atoms with Crippen LogP contribution in [0, 0.1) is 13.8 Å². The number of carbonyl (C=O) groups is 1. The van der Waals surface area contributed by atoms with Crippen molar-refractivity contribution in [1.82, 2.24) is 15.1 Å². The molecule has 0 bridgehead atoms. The first-order valence-corrected chi connectivity index (χ1v) is 9.56. The minimum atomic E-state index is -0.542. The first kappa shape index (κ1) is 18.2. The maximum atomic E-state index is 12.2. The molecule has 0 spiro atoms. The lowest BCUT2D eigenvalue weighted by Gasteiger charge is -2.15. The predicted molar refractivity (Wildman–Crippen MR) is 105 cm³/mol. The molecule has 2 heterocycles. The zero-order valence-corrected chi connectivity index (χ0v) is 16.0. The van der Waals surface area contributed by atoms with Gasteiger partial charge >= 0.3 is 0 Å². The van der Waals surface area contributed by atoms with Crippen molar-refractivity contribution in [2.75, 3.05) is 6.54 Å². The molecule has 5 nitrogen and oxygen atoms in total. The second-order valence-electron chi connectivity index (χ2n) is 6.15. The molecule has 1 N–H and O–H groups in total. The van der Waals surface area contributed by atoms with Crippen LogP contribution in [-0.4, -0.2) is 28.3 Å². The van der Waals surface area contributed by atoms with Crippen molar-refractivity contribution in [2.45, 2.75) is 33.4 Å². The summed E-state index contributed by atoms with van der Waals surface area (Å²) in [6, 6.07) is 11.5. The average Bonchev–Trinajstić information content (AvgIpc) is 3.24. The first-order chi connectivity index (χ1) is 12.6. The van der Waals surface area contributed by atoms with Crippen LogP contribution in [0.4, 0.5) is 0 Å². The van der Waals surface area contributed by atoms with Gasteiger partial charge in [0, 0.05) is 17.8 Å². The van der Waals surface area contributed by atoms with E-state index in [0.717, 1.165) is 11.4 Å². The molecule has 0 aliphatic carbocycles. The van der Waals surface area contributed by atoms with Gasteiger partial charge in [-0.1, -0.05) is 18.2 Å². The van der Waals surface area contributed by atoms with Gasteiger partial charge in [-0.2, -0.15) is 16.4 Å². The molecular formula is C20H23N3O2S. The Bertz CT molecular complexity index is 857. The summed E-state index contributed by atoms with van der Waals surface area (Å²) in [5, 5.41) is 11.7. The molecule has 1 unspecified atom stereocenters. The smallest absolute Gasteiger partial charge is 0.260 e. The lowest BCUT2D eigenvalue weighted by Crippen LogP contribution is -2.38. The van der Waals surface area contributed by atoms with E-state index >= 15 is 0 Å². The van der Waals surface area contributed by atoms with Gasteiger partial charge in [0.1, 0.15) is 5.75 Å². The van der Waals surface area contributed by atoms with Gasteiger partial charge in [0.25, 0.3) is 5.91 Å². The summed E-state index contributed by atoms with van der Waals surface area (Å²) in [6.45, 7) is 6.97. The Kier molecular flexibility index (Phi) is 5.73. The Balaban J connectivity index is 1.55. The molecule has 1 amide bonds. The Morgan fingerprint density at radius 3 is 2.73 bits per heavy atom. The second-order valence-corrected chi connectivity index (χ2v) is 6.93. The van der Waals surface area contributed by atoms with Gasteiger partial charge in [-0.25, -0.2) is 0 Å².